The lowest BCUT2D eigenvalue weighted by Crippen LogP contribution is -2.37. The number of hydrogen-bond donors (Lipinski definition) is 3. The molecule has 0 aromatic heterocycles. The molecule has 0 aliphatic heterocycles. The van der Waals surface area contributed by atoms with Gasteiger partial charge in [0.15, 0.2) is 0 Å². The van der Waals surface area contributed by atoms with Gasteiger partial charge in [0.2, 0.25) is 0 Å². The van der Waals surface area contributed by atoms with Gasteiger partial charge in [0.25, 0.3) is 0 Å². The molecule has 0 atom stereocenters. The van der Waals surface area contributed by atoms with Gasteiger partial charge in [-0.25, -0.2) is 4.79 Å². The van der Waals surface area contributed by atoms with Gasteiger partial charge < -0.3 is 15.7 Å². The molecule has 116 valence electrons. The van der Waals surface area contributed by atoms with Gasteiger partial charge in [-0.3, -0.25) is 4.79 Å². The van der Waals surface area contributed by atoms with Crippen molar-refractivity contribution in [2.75, 3.05) is 13.1 Å². The van der Waals surface area contributed by atoms with Crippen molar-refractivity contribution in [1.82, 2.24) is 10.6 Å². The Kier molecular flexibility index (Phi) is 8.50. The molecule has 0 aliphatic rings. The second kappa shape index (κ2) is 10.2. The molecular weight excluding hydrogens is 336 g/mol. The third kappa shape index (κ3) is 9.07. The zero-order valence-electron chi connectivity index (χ0n) is 11.9. The molecule has 1 aromatic carbocycles. The van der Waals surface area contributed by atoms with Crippen LogP contribution in [0.25, 0.3) is 0 Å². The number of carbonyl (C=O) groups excluding carboxylic acids is 1. The minimum absolute atomic E-state index is 0.176. The summed E-state index contributed by atoms with van der Waals surface area (Å²) in [5.41, 5.74) is 1.17. The van der Waals surface area contributed by atoms with Gasteiger partial charge in [-0.1, -0.05) is 34.5 Å². The number of hydrogen-bond acceptors (Lipinski definition) is 2. The largest absolute Gasteiger partial charge is 0.481 e. The van der Waals surface area contributed by atoms with E-state index >= 15 is 0 Å². The van der Waals surface area contributed by atoms with Crippen molar-refractivity contribution < 1.29 is 14.7 Å². The molecule has 1 aromatic rings. The molecule has 0 fully saturated rings. The smallest absolute Gasteiger partial charge is 0.314 e. The van der Waals surface area contributed by atoms with E-state index in [1.165, 1.54) is 5.56 Å². The molecule has 0 radical (unpaired) electrons. The number of carboxylic acids is 1. The first-order valence-electron chi connectivity index (χ1n) is 7.06. The van der Waals surface area contributed by atoms with E-state index in [9.17, 15) is 9.59 Å². The van der Waals surface area contributed by atoms with Crippen LogP contribution in [0, 0.1) is 0 Å². The number of amides is 2. The first kappa shape index (κ1) is 17.5. The van der Waals surface area contributed by atoms with E-state index in [0.29, 0.717) is 19.5 Å². The van der Waals surface area contributed by atoms with Crippen LogP contribution in [0.1, 0.15) is 31.2 Å². The maximum absolute atomic E-state index is 11.5. The minimum atomic E-state index is -0.770. The predicted molar refractivity (Wildman–Crippen MR) is 85.4 cm³/mol. The summed E-state index contributed by atoms with van der Waals surface area (Å²) in [5.74, 6) is -0.770. The van der Waals surface area contributed by atoms with Gasteiger partial charge in [-0.15, -0.1) is 0 Å². The second-order valence-corrected chi connectivity index (χ2v) is 5.68. The van der Waals surface area contributed by atoms with Crippen LogP contribution in [0.15, 0.2) is 28.7 Å². The Hall–Kier alpha value is -1.56. The van der Waals surface area contributed by atoms with Crippen LogP contribution in [0.2, 0.25) is 0 Å². The van der Waals surface area contributed by atoms with Crippen molar-refractivity contribution in [2.24, 2.45) is 0 Å². The minimum Gasteiger partial charge on any atom is -0.481 e. The van der Waals surface area contributed by atoms with E-state index in [4.69, 9.17) is 5.11 Å². The summed E-state index contributed by atoms with van der Waals surface area (Å²) in [5, 5.41) is 14.0. The first-order chi connectivity index (χ1) is 10.1. The number of carbonyl (C=O) groups is 2. The number of benzene rings is 1. The van der Waals surface area contributed by atoms with E-state index in [0.717, 1.165) is 23.7 Å². The lowest BCUT2D eigenvalue weighted by molar-refractivity contribution is -0.137. The Balaban J connectivity index is 2.01. The molecule has 5 nitrogen and oxygen atoms in total. The molecule has 0 bridgehead atoms. The molecule has 0 spiro atoms. The molecule has 2 amide bonds. The SMILES string of the molecule is O=C(O)CCCCCNC(=O)NCCc1ccc(Br)cc1. The van der Waals surface area contributed by atoms with Gasteiger partial charge in [0, 0.05) is 24.0 Å². The number of nitrogens with one attached hydrogen (secondary N) is 2. The van der Waals surface area contributed by atoms with Crippen molar-refractivity contribution in [1.29, 1.82) is 0 Å². The number of halogens is 1. The molecule has 0 unspecified atom stereocenters. The highest BCUT2D eigenvalue weighted by molar-refractivity contribution is 9.10. The molecule has 0 saturated heterocycles. The monoisotopic (exact) mass is 356 g/mol. The van der Waals surface area contributed by atoms with Crippen molar-refractivity contribution in [3.05, 3.63) is 34.3 Å². The second-order valence-electron chi connectivity index (χ2n) is 4.76. The average Bonchev–Trinajstić information content (AvgIpc) is 2.44. The summed E-state index contributed by atoms with van der Waals surface area (Å²) < 4.78 is 1.04. The molecule has 3 N–H and O–H groups in total. The average molecular weight is 357 g/mol. The van der Waals surface area contributed by atoms with Crippen LogP contribution < -0.4 is 10.6 Å². The summed E-state index contributed by atoms with van der Waals surface area (Å²) in [6, 6.07) is 7.82. The molecule has 6 heteroatoms. The van der Waals surface area contributed by atoms with E-state index in [1.807, 2.05) is 24.3 Å². The highest BCUT2D eigenvalue weighted by Crippen LogP contribution is 2.10. The summed E-state index contributed by atoms with van der Waals surface area (Å²) in [6.07, 6.45) is 3.25. The first-order valence-corrected chi connectivity index (χ1v) is 7.85. The Labute approximate surface area is 133 Å². The molecule has 0 heterocycles. The topological polar surface area (TPSA) is 78.4 Å². The summed E-state index contributed by atoms with van der Waals surface area (Å²) in [6.45, 7) is 1.16. The summed E-state index contributed by atoms with van der Waals surface area (Å²) >= 11 is 3.38. The van der Waals surface area contributed by atoms with Crippen LogP contribution in [-0.2, 0) is 11.2 Å². The van der Waals surface area contributed by atoms with Crippen molar-refractivity contribution in [3.63, 3.8) is 0 Å². The molecular formula is C15H21BrN2O3. The lowest BCUT2D eigenvalue weighted by atomic mass is 10.1. The fraction of sp³-hybridized carbons (Fsp3) is 0.467. The van der Waals surface area contributed by atoms with Gasteiger partial charge in [0.1, 0.15) is 0 Å². The highest BCUT2D eigenvalue weighted by atomic mass is 79.9. The predicted octanol–water partition coefficient (Wildman–Crippen LogP) is 2.94. The van der Waals surface area contributed by atoms with Crippen LogP contribution in [0.3, 0.4) is 0 Å². The third-order valence-corrected chi connectivity index (χ3v) is 3.49. The standard InChI is InChI=1S/C15H21BrN2O3/c16-13-7-5-12(6-8-13)9-11-18-15(21)17-10-3-1-2-4-14(19)20/h5-8H,1-4,9-11H2,(H,19,20)(H2,17,18,21). The number of rotatable bonds is 9. The maximum atomic E-state index is 11.5. The summed E-state index contributed by atoms with van der Waals surface area (Å²) in [7, 11) is 0. The molecule has 0 saturated carbocycles. The van der Waals surface area contributed by atoms with Gasteiger partial charge >= 0.3 is 12.0 Å². The maximum Gasteiger partial charge on any atom is 0.314 e. The Bertz CT molecular complexity index is 449. The fourth-order valence-corrected chi connectivity index (χ4v) is 2.08. The van der Waals surface area contributed by atoms with Crippen molar-refractivity contribution in [3.8, 4) is 0 Å². The molecule has 21 heavy (non-hydrogen) atoms. The molecule has 1 rings (SSSR count). The van der Waals surface area contributed by atoms with E-state index < -0.39 is 5.97 Å². The van der Waals surface area contributed by atoms with E-state index in [1.54, 1.807) is 0 Å². The van der Waals surface area contributed by atoms with E-state index in [2.05, 4.69) is 26.6 Å². The quantitative estimate of drug-likeness (QED) is 0.595. The number of unbranched alkanes of at least 4 members (excludes halogenated alkanes) is 2. The third-order valence-electron chi connectivity index (χ3n) is 2.97. The number of urea groups is 1. The highest BCUT2D eigenvalue weighted by Gasteiger charge is 2.00. The normalized spacial score (nSPS) is 10.1. The van der Waals surface area contributed by atoms with Crippen LogP contribution in [0.5, 0.6) is 0 Å². The van der Waals surface area contributed by atoms with Crippen LogP contribution in [-0.4, -0.2) is 30.2 Å². The Morgan fingerprint density at radius 1 is 1.00 bits per heavy atom. The zero-order chi connectivity index (χ0) is 15.5. The van der Waals surface area contributed by atoms with Crippen molar-refractivity contribution in [2.45, 2.75) is 32.1 Å². The molecule has 0 aliphatic carbocycles. The number of aliphatic carboxylic acids is 1. The van der Waals surface area contributed by atoms with Gasteiger partial charge in [-0.2, -0.15) is 0 Å². The number of carboxylic acid groups (broad SMARTS) is 1. The Morgan fingerprint density at radius 3 is 2.33 bits per heavy atom. The Morgan fingerprint density at radius 2 is 1.67 bits per heavy atom. The van der Waals surface area contributed by atoms with E-state index in [-0.39, 0.29) is 12.5 Å². The zero-order valence-corrected chi connectivity index (χ0v) is 13.5. The van der Waals surface area contributed by atoms with Gasteiger partial charge in [-0.05, 0) is 37.0 Å². The van der Waals surface area contributed by atoms with Crippen LogP contribution >= 0.6 is 15.9 Å². The lowest BCUT2D eigenvalue weighted by Gasteiger charge is -2.07. The fourth-order valence-electron chi connectivity index (χ4n) is 1.81. The van der Waals surface area contributed by atoms with Crippen molar-refractivity contribution >= 4 is 27.9 Å². The summed E-state index contributed by atoms with van der Waals surface area (Å²) in [4.78, 5) is 21.8. The van der Waals surface area contributed by atoms with Crippen LogP contribution in [0.4, 0.5) is 4.79 Å². The van der Waals surface area contributed by atoms with Gasteiger partial charge in [0.05, 0.1) is 0 Å².